The maximum atomic E-state index is 9.14. The first-order valence-corrected chi connectivity index (χ1v) is 5.32. The van der Waals surface area contributed by atoms with E-state index < -0.39 is 0 Å². The number of para-hydroxylation sites is 1. The highest BCUT2D eigenvalue weighted by Crippen LogP contribution is 2.18. The molecule has 17 heavy (non-hydrogen) atoms. The van der Waals surface area contributed by atoms with Gasteiger partial charge >= 0.3 is 0 Å². The van der Waals surface area contributed by atoms with Crippen molar-refractivity contribution in [3.8, 4) is 5.75 Å². The summed E-state index contributed by atoms with van der Waals surface area (Å²) in [7, 11) is 0. The highest BCUT2D eigenvalue weighted by Gasteiger charge is 2.02. The first kappa shape index (κ1) is 11.4. The molecule has 4 heteroatoms. The number of nitrogens with zero attached hydrogens (tertiary/aromatic N) is 1. The van der Waals surface area contributed by atoms with Gasteiger partial charge in [0, 0.05) is 5.56 Å². The first-order valence-electron chi connectivity index (χ1n) is 5.32. The van der Waals surface area contributed by atoms with Crippen molar-refractivity contribution in [2.75, 3.05) is 5.73 Å². The molecular formula is C13H14N2O2. The number of nitrogen functional groups attached to an aromatic ring is 1. The molecule has 2 rings (SSSR count). The maximum absolute atomic E-state index is 9.14. The number of ether oxygens (including phenoxy) is 1. The minimum absolute atomic E-state index is 0.0411. The van der Waals surface area contributed by atoms with Gasteiger partial charge in [-0.2, -0.15) is 0 Å². The molecule has 0 bridgehead atoms. The molecule has 0 saturated heterocycles. The molecule has 88 valence electrons. The molecule has 0 aliphatic rings. The number of hydrogen-bond donors (Lipinski definition) is 2. The fourth-order valence-electron chi connectivity index (χ4n) is 1.51. The van der Waals surface area contributed by atoms with Crippen LogP contribution in [0.15, 0.2) is 42.5 Å². The van der Waals surface area contributed by atoms with Crippen LogP contribution in [0.2, 0.25) is 0 Å². The van der Waals surface area contributed by atoms with Gasteiger partial charge in [0.15, 0.2) is 0 Å². The molecule has 2 aromatic rings. The number of nitrogens with two attached hydrogens (primary N) is 1. The van der Waals surface area contributed by atoms with Gasteiger partial charge in [-0.3, -0.25) is 0 Å². The summed E-state index contributed by atoms with van der Waals surface area (Å²) in [5.74, 6) is 1.14. The number of benzene rings is 1. The summed E-state index contributed by atoms with van der Waals surface area (Å²) in [6.07, 6.45) is 0. The smallest absolute Gasteiger partial charge is 0.130 e. The number of aliphatic hydroxyl groups excluding tert-OH is 1. The molecular weight excluding hydrogens is 216 g/mol. The third kappa shape index (κ3) is 2.95. The average Bonchev–Trinajstić information content (AvgIpc) is 2.37. The SMILES string of the molecule is Nc1cccc(COc2ccccc2CO)n1. The molecule has 0 atom stereocenters. The van der Waals surface area contributed by atoms with E-state index in [1.165, 1.54) is 0 Å². The Bertz CT molecular complexity index is 500. The molecule has 0 unspecified atom stereocenters. The van der Waals surface area contributed by atoms with Crippen molar-refractivity contribution in [2.24, 2.45) is 0 Å². The summed E-state index contributed by atoms with van der Waals surface area (Å²) in [4.78, 5) is 4.13. The van der Waals surface area contributed by atoms with Gasteiger partial charge < -0.3 is 15.6 Å². The second-order valence-corrected chi connectivity index (χ2v) is 3.61. The lowest BCUT2D eigenvalue weighted by Crippen LogP contribution is -2.02. The number of pyridine rings is 1. The normalized spacial score (nSPS) is 10.2. The molecule has 0 aliphatic heterocycles. The monoisotopic (exact) mass is 230 g/mol. The second kappa shape index (κ2) is 5.32. The van der Waals surface area contributed by atoms with Gasteiger partial charge in [0.25, 0.3) is 0 Å². The topological polar surface area (TPSA) is 68.4 Å². The predicted molar refractivity (Wildman–Crippen MR) is 65.3 cm³/mol. The number of rotatable bonds is 4. The lowest BCUT2D eigenvalue weighted by molar-refractivity contribution is 0.257. The van der Waals surface area contributed by atoms with Gasteiger partial charge in [-0.1, -0.05) is 24.3 Å². The molecule has 0 aliphatic carbocycles. The van der Waals surface area contributed by atoms with E-state index >= 15 is 0 Å². The van der Waals surface area contributed by atoms with Gasteiger partial charge in [-0.15, -0.1) is 0 Å². The van der Waals surface area contributed by atoms with Crippen molar-refractivity contribution in [1.29, 1.82) is 0 Å². The van der Waals surface area contributed by atoms with Crippen molar-refractivity contribution in [2.45, 2.75) is 13.2 Å². The van der Waals surface area contributed by atoms with Crippen LogP contribution in [0.1, 0.15) is 11.3 Å². The summed E-state index contributed by atoms with van der Waals surface area (Å²) in [6, 6.07) is 12.8. The van der Waals surface area contributed by atoms with Crippen LogP contribution in [-0.4, -0.2) is 10.1 Å². The van der Waals surface area contributed by atoms with Gasteiger partial charge in [-0.25, -0.2) is 4.98 Å². The molecule has 0 saturated carbocycles. The van der Waals surface area contributed by atoms with Crippen LogP contribution >= 0.6 is 0 Å². The summed E-state index contributed by atoms with van der Waals surface area (Å²) >= 11 is 0. The lowest BCUT2D eigenvalue weighted by Gasteiger charge is -2.09. The van der Waals surface area contributed by atoms with Gasteiger partial charge in [-0.05, 0) is 18.2 Å². The largest absolute Gasteiger partial charge is 0.487 e. The van der Waals surface area contributed by atoms with Crippen LogP contribution in [-0.2, 0) is 13.2 Å². The minimum Gasteiger partial charge on any atom is -0.487 e. The maximum Gasteiger partial charge on any atom is 0.130 e. The fourth-order valence-corrected chi connectivity index (χ4v) is 1.51. The average molecular weight is 230 g/mol. The van der Waals surface area contributed by atoms with Gasteiger partial charge in [0.2, 0.25) is 0 Å². The number of aromatic nitrogens is 1. The molecule has 1 aromatic carbocycles. The third-order valence-electron chi connectivity index (χ3n) is 2.35. The van der Waals surface area contributed by atoms with Crippen molar-refractivity contribution >= 4 is 5.82 Å². The number of hydrogen-bond acceptors (Lipinski definition) is 4. The molecule has 3 N–H and O–H groups in total. The van der Waals surface area contributed by atoms with E-state index in [-0.39, 0.29) is 6.61 Å². The second-order valence-electron chi connectivity index (χ2n) is 3.61. The molecule has 0 radical (unpaired) electrons. The Labute approximate surface area is 99.7 Å². The predicted octanol–water partition coefficient (Wildman–Crippen LogP) is 1.74. The summed E-state index contributed by atoms with van der Waals surface area (Å²) in [5.41, 5.74) is 7.10. The molecule has 0 amide bonds. The Morgan fingerprint density at radius 2 is 1.94 bits per heavy atom. The van der Waals surface area contributed by atoms with Crippen LogP contribution < -0.4 is 10.5 Å². The van der Waals surface area contributed by atoms with Crippen molar-refractivity contribution in [3.63, 3.8) is 0 Å². The summed E-state index contributed by atoms with van der Waals surface area (Å²) in [5, 5.41) is 9.14. The zero-order valence-corrected chi connectivity index (χ0v) is 9.34. The zero-order chi connectivity index (χ0) is 12.1. The fraction of sp³-hybridized carbons (Fsp3) is 0.154. The van der Waals surface area contributed by atoms with E-state index in [4.69, 9.17) is 15.6 Å². The number of anilines is 1. The van der Waals surface area contributed by atoms with E-state index in [9.17, 15) is 0 Å². The van der Waals surface area contributed by atoms with Crippen molar-refractivity contribution < 1.29 is 9.84 Å². The van der Waals surface area contributed by atoms with Gasteiger partial charge in [0.1, 0.15) is 18.2 Å². The standard InChI is InChI=1S/C13H14N2O2/c14-13-7-3-5-11(15-13)9-17-12-6-2-1-4-10(12)8-16/h1-7,16H,8-9H2,(H2,14,15). The van der Waals surface area contributed by atoms with Gasteiger partial charge in [0.05, 0.1) is 12.3 Å². The Morgan fingerprint density at radius 1 is 1.12 bits per heavy atom. The van der Waals surface area contributed by atoms with Crippen LogP contribution in [0.25, 0.3) is 0 Å². The van der Waals surface area contributed by atoms with E-state index in [0.29, 0.717) is 18.2 Å². The third-order valence-corrected chi connectivity index (χ3v) is 2.35. The Morgan fingerprint density at radius 3 is 2.71 bits per heavy atom. The molecule has 4 nitrogen and oxygen atoms in total. The molecule has 0 spiro atoms. The summed E-state index contributed by atoms with van der Waals surface area (Å²) in [6.45, 7) is 0.294. The van der Waals surface area contributed by atoms with Crippen LogP contribution in [0.5, 0.6) is 5.75 Å². The van der Waals surface area contributed by atoms with E-state index in [0.717, 1.165) is 11.3 Å². The van der Waals surface area contributed by atoms with Crippen molar-refractivity contribution in [1.82, 2.24) is 4.98 Å². The molecule has 0 fully saturated rings. The molecule has 1 heterocycles. The Hall–Kier alpha value is -2.07. The Balaban J connectivity index is 2.07. The quantitative estimate of drug-likeness (QED) is 0.839. The highest BCUT2D eigenvalue weighted by atomic mass is 16.5. The lowest BCUT2D eigenvalue weighted by atomic mass is 10.2. The van der Waals surface area contributed by atoms with Crippen LogP contribution in [0.3, 0.4) is 0 Å². The summed E-state index contributed by atoms with van der Waals surface area (Å²) < 4.78 is 5.59. The zero-order valence-electron chi connectivity index (χ0n) is 9.34. The Kier molecular flexibility index (Phi) is 3.57. The first-order chi connectivity index (χ1) is 8.29. The van der Waals surface area contributed by atoms with E-state index in [1.807, 2.05) is 36.4 Å². The van der Waals surface area contributed by atoms with Crippen LogP contribution in [0, 0.1) is 0 Å². The van der Waals surface area contributed by atoms with E-state index in [1.54, 1.807) is 6.07 Å². The van der Waals surface area contributed by atoms with E-state index in [2.05, 4.69) is 4.98 Å². The van der Waals surface area contributed by atoms with Crippen molar-refractivity contribution in [3.05, 3.63) is 53.7 Å². The number of aliphatic hydroxyl groups is 1. The van der Waals surface area contributed by atoms with Crippen LogP contribution in [0.4, 0.5) is 5.82 Å². The highest BCUT2D eigenvalue weighted by molar-refractivity contribution is 5.33. The minimum atomic E-state index is -0.0411. The molecule has 1 aromatic heterocycles.